The summed E-state index contributed by atoms with van der Waals surface area (Å²) < 4.78 is 39.7. The van der Waals surface area contributed by atoms with Crippen LogP contribution in [0.4, 0.5) is 13.2 Å². The van der Waals surface area contributed by atoms with Gasteiger partial charge in [0.05, 0.1) is 11.3 Å². The van der Waals surface area contributed by atoms with Crippen molar-refractivity contribution in [2.45, 2.75) is 43.9 Å². The quantitative estimate of drug-likeness (QED) is 0.847. The first-order valence-electron chi connectivity index (χ1n) is 8.12. The van der Waals surface area contributed by atoms with Gasteiger partial charge in [0.25, 0.3) is 5.91 Å². The number of amides is 1. The van der Waals surface area contributed by atoms with Crippen LogP contribution in [0.5, 0.6) is 0 Å². The zero-order valence-corrected chi connectivity index (χ0v) is 14.7. The van der Waals surface area contributed by atoms with E-state index in [2.05, 4.69) is 10.4 Å². The summed E-state index contributed by atoms with van der Waals surface area (Å²) in [6.07, 6.45) is 0.419. The average Bonchev–Trinajstić information content (AvgIpc) is 3.06. The van der Waals surface area contributed by atoms with Crippen molar-refractivity contribution < 1.29 is 18.0 Å². The second kappa shape index (κ2) is 8.09. The van der Waals surface area contributed by atoms with E-state index in [1.54, 1.807) is 0 Å². The van der Waals surface area contributed by atoms with Crippen LogP contribution in [-0.4, -0.2) is 27.8 Å². The normalized spacial score (nSPS) is 20.3. The van der Waals surface area contributed by atoms with E-state index in [1.165, 1.54) is 29.1 Å². The largest absolute Gasteiger partial charge is 0.416 e. The Hall–Kier alpha value is -2.06. The van der Waals surface area contributed by atoms with E-state index in [9.17, 15) is 18.0 Å². The van der Waals surface area contributed by atoms with Gasteiger partial charge in [-0.2, -0.15) is 18.3 Å². The van der Waals surface area contributed by atoms with Crippen molar-refractivity contribution in [3.8, 4) is 5.69 Å². The molecule has 0 aliphatic heterocycles. The summed E-state index contributed by atoms with van der Waals surface area (Å²) in [4.78, 5) is 12.3. The zero-order chi connectivity index (χ0) is 18.0. The van der Waals surface area contributed by atoms with Crippen molar-refractivity contribution in [3.63, 3.8) is 0 Å². The predicted molar refractivity (Wildman–Crippen MR) is 93.5 cm³/mol. The van der Waals surface area contributed by atoms with Gasteiger partial charge in [0.15, 0.2) is 5.69 Å². The van der Waals surface area contributed by atoms with Crippen molar-refractivity contribution in [1.82, 2.24) is 15.1 Å². The van der Waals surface area contributed by atoms with E-state index >= 15 is 0 Å². The number of benzene rings is 1. The molecule has 2 aromatic rings. The number of carbonyl (C=O) groups excluding carboxylic acids is 1. The number of carbonyl (C=O) groups is 1. The van der Waals surface area contributed by atoms with Crippen LogP contribution in [0.1, 0.15) is 41.7 Å². The molecule has 142 valence electrons. The standard InChI is InChI=1S/C17H19F3N4O.ClH/c18-17(19,20)11-2-1-3-14(10-11)24-9-8-15(23-24)16(25)22-13-6-4-12(21)5-7-13;/h1-3,8-10,12-13H,4-7,21H2,(H,22,25);1H. The van der Waals surface area contributed by atoms with Gasteiger partial charge in [0, 0.05) is 18.3 Å². The number of alkyl halides is 3. The molecule has 5 nitrogen and oxygen atoms in total. The van der Waals surface area contributed by atoms with Crippen molar-refractivity contribution in [2.24, 2.45) is 5.73 Å². The van der Waals surface area contributed by atoms with Gasteiger partial charge in [-0.25, -0.2) is 4.68 Å². The van der Waals surface area contributed by atoms with E-state index in [1.807, 2.05) is 0 Å². The Bertz CT molecular complexity index is 754. The van der Waals surface area contributed by atoms with Gasteiger partial charge in [-0.15, -0.1) is 12.4 Å². The van der Waals surface area contributed by atoms with Gasteiger partial charge in [-0.1, -0.05) is 6.07 Å². The Morgan fingerprint density at radius 1 is 1.19 bits per heavy atom. The molecule has 1 aromatic carbocycles. The summed E-state index contributed by atoms with van der Waals surface area (Å²) in [5.41, 5.74) is 5.50. The van der Waals surface area contributed by atoms with Gasteiger partial charge in [-0.05, 0) is 49.9 Å². The van der Waals surface area contributed by atoms with Gasteiger partial charge >= 0.3 is 6.18 Å². The molecule has 3 N–H and O–H groups in total. The highest BCUT2D eigenvalue weighted by Gasteiger charge is 2.30. The molecule has 1 aliphatic carbocycles. The van der Waals surface area contributed by atoms with Gasteiger partial charge in [0.2, 0.25) is 0 Å². The van der Waals surface area contributed by atoms with Crippen LogP contribution in [-0.2, 0) is 6.18 Å². The lowest BCUT2D eigenvalue weighted by atomic mass is 9.92. The Morgan fingerprint density at radius 2 is 1.88 bits per heavy atom. The number of nitrogens with zero attached hydrogens (tertiary/aromatic N) is 2. The SMILES string of the molecule is Cl.NC1CCC(NC(=O)c2ccn(-c3cccc(C(F)(F)F)c3)n2)CC1. The molecular formula is C17H20ClF3N4O. The highest BCUT2D eigenvalue weighted by atomic mass is 35.5. The van der Waals surface area contributed by atoms with Crippen LogP contribution in [0.25, 0.3) is 5.69 Å². The van der Waals surface area contributed by atoms with E-state index in [0.29, 0.717) is 0 Å². The van der Waals surface area contributed by atoms with Crippen molar-refractivity contribution >= 4 is 18.3 Å². The Balaban J connectivity index is 0.00000243. The van der Waals surface area contributed by atoms with Crippen LogP contribution in [0.3, 0.4) is 0 Å². The number of rotatable bonds is 3. The molecular weight excluding hydrogens is 369 g/mol. The number of hydrogen-bond donors (Lipinski definition) is 2. The molecule has 1 heterocycles. The van der Waals surface area contributed by atoms with Crippen molar-refractivity contribution in [2.75, 3.05) is 0 Å². The third-order valence-corrected chi connectivity index (χ3v) is 4.37. The predicted octanol–water partition coefficient (Wildman–Crippen LogP) is 3.31. The molecule has 0 radical (unpaired) electrons. The lowest BCUT2D eigenvalue weighted by molar-refractivity contribution is -0.137. The number of halogens is 4. The molecule has 0 spiro atoms. The summed E-state index contributed by atoms with van der Waals surface area (Å²) in [5.74, 6) is -0.328. The highest BCUT2D eigenvalue weighted by Crippen LogP contribution is 2.30. The summed E-state index contributed by atoms with van der Waals surface area (Å²) in [7, 11) is 0. The summed E-state index contributed by atoms with van der Waals surface area (Å²) in [6.45, 7) is 0. The molecule has 0 atom stereocenters. The molecule has 0 saturated heterocycles. The van der Waals surface area contributed by atoms with Crippen molar-refractivity contribution in [1.29, 1.82) is 0 Å². The molecule has 1 aromatic heterocycles. The Labute approximate surface area is 155 Å². The van der Waals surface area contributed by atoms with Crippen molar-refractivity contribution in [3.05, 3.63) is 47.8 Å². The molecule has 1 amide bonds. The molecule has 26 heavy (non-hydrogen) atoms. The molecule has 1 aliphatic rings. The smallest absolute Gasteiger partial charge is 0.348 e. The summed E-state index contributed by atoms with van der Waals surface area (Å²) in [6, 6.07) is 6.55. The van der Waals surface area contributed by atoms with Gasteiger partial charge in [-0.3, -0.25) is 4.79 Å². The minimum Gasteiger partial charge on any atom is -0.348 e. The van der Waals surface area contributed by atoms with Gasteiger partial charge < -0.3 is 11.1 Å². The first kappa shape index (κ1) is 20.3. The fraction of sp³-hybridized carbons (Fsp3) is 0.412. The number of nitrogens with one attached hydrogen (secondary N) is 1. The van der Waals surface area contributed by atoms with E-state index < -0.39 is 11.7 Å². The second-order valence-corrected chi connectivity index (χ2v) is 6.28. The lowest BCUT2D eigenvalue weighted by Crippen LogP contribution is -2.40. The number of nitrogens with two attached hydrogens (primary N) is 1. The fourth-order valence-electron chi connectivity index (χ4n) is 2.94. The lowest BCUT2D eigenvalue weighted by Gasteiger charge is -2.26. The molecule has 3 rings (SSSR count). The highest BCUT2D eigenvalue weighted by molar-refractivity contribution is 5.92. The first-order valence-corrected chi connectivity index (χ1v) is 8.12. The minimum atomic E-state index is -4.43. The summed E-state index contributed by atoms with van der Waals surface area (Å²) >= 11 is 0. The minimum absolute atomic E-state index is 0. The Kier molecular flexibility index (Phi) is 6.30. The molecule has 1 fully saturated rings. The van der Waals surface area contributed by atoms with Gasteiger partial charge in [0.1, 0.15) is 0 Å². The molecule has 1 saturated carbocycles. The maximum atomic E-state index is 12.8. The van der Waals surface area contributed by atoms with E-state index in [4.69, 9.17) is 5.73 Å². The average molecular weight is 389 g/mol. The van der Waals surface area contributed by atoms with Crippen LogP contribution < -0.4 is 11.1 Å². The maximum absolute atomic E-state index is 12.8. The second-order valence-electron chi connectivity index (χ2n) is 6.28. The monoisotopic (exact) mass is 388 g/mol. The third kappa shape index (κ3) is 4.76. The zero-order valence-electron chi connectivity index (χ0n) is 13.9. The maximum Gasteiger partial charge on any atom is 0.416 e. The topological polar surface area (TPSA) is 72.9 Å². The molecule has 9 heteroatoms. The van der Waals surface area contributed by atoms with Crippen LogP contribution >= 0.6 is 12.4 Å². The number of aromatic nitrogens is 2. The Morgan fingerprint density at radius 3 is 2.54 bits per heavy atom. The van der Waals surface area contributed by atoms with Crippen LogP contribution in [0.15, 0.2) is 36.5 Å². The first-order chi connectivity index (χ1) is 11.8. The number of hydrogen-bond acceptors (Lipinski definition) is 3. The molecule has 0 bridgehead atoms. The van der Waals surface area contributed by atoms with Crippen LogP contribution in [0, 0.1) is 0 Å². The van der Waals surface area contributed by atoms with Crippen LogP contribution in [0.2, 0.25) is 0 Å². The van der Waals surface area contributed by atoms with E-state index in [0.717, 1.165) is 37.8 Å². The van der Waals surface area contributed by atoms with E-state index in [-0.39, 0.29) is 41.8 Å². The third-order valence-electron chi connectivity index (χ3n) is 4.37. The molecule has 0 unspecified atom stereocenters. The summed E-state index contributed by atoms with van der Waals surface area (Å²) in [5, 5.41) is 7.00. The fourth-order valence-corrected chi connectivity index (χ4v) is 2.94.